The quantitative estimate of drug-likeness (QED) is 0.302. The number of anilines is 2. The van der Waals surface area contributed by atoms with Gasteiger partial charge in [0.1, 0.15) is 0 Å². The fourth-order valence-corrected chi connectivity index (χ4v) is 5.33. The summed E-state index contributed by atoms with van der Waals surface area (Å²) >= 11 is 0. The predicted molar refractivity (Wildman–Crippen MR) is 157 cm³/mol. The van der Waals surface area contributed by atoms with Crippen molar-refractivity contribution in [2.75, 3.05) is 58.2 Å². The fraction of sp³-hybridized carbons (Fsp3) is 0.333. The number of fused-ring (bicyclic) bond motifs is 1. The van der Waals surface area contributed by atoms with Gasteiger partial charge in [-0.25, -0.2) is 19.2 Å². The second-order valence-electron chi connectivity index (χ2n) is 10.7. The van der Waals surface area contributed by atoms with Crippen LogP contribution >= 0.6 is 0 Å². The van der Waals surface area contributed by atoms with Crippen molar-refractivity contribution >= 4 is 29.1 Å². The number of rotatable bonds is 7. The number of carbonyl (C=O) groups is 2. The van der Waals surface area contributed by atoms with Crippen LogP contribution in [0.2, 0.25) is 0 Å². The number of aryl methyl sites for hydroxylation is 1. The van der Waals surface area contributed by atoms with E-state index in [0.717, 1.165) is 18.7 Å². The molecule has 224 valence electrons. The smallest absolute Gasteiger partial charge is 0.317 e. The van der Waals surface area contributed by atoms with Crippen LogP contribution in [0, 0.1) is 24.5 Å². The average Bonchev–Trinajstić information content (AvgIpc) is 3.42. The first-order chi connectivity index (χ1) is 20.8. The molecule has 11 nitrogen and oxygen atoms in total. The molecular weight excluding hydrogens is 558 g/mol. The van der Waals surface area contributed by atoms with Crippen LogP contribution in [0.3, 0.4) is 0 Å². The number of ether oxygens (including phenoxy) is 1. The third-order valence-electron chi connectivity index (χ3n) is 7.95. The molecule has 4 heterocycles. The topological polar surface area (TPSA) is 116 Å². The maximum Gasteiger partial charge on any atom is 0.317 e. The summed E-state index contributed by atoms with van der Waals surface area (Å²) in [5.74, 6) is -1.48. The number of carbonyl (C=O) groups excluding carboxylic acids is 2. The molecule has 0 unspecified atom stereocenters. The summed E-state index contributed by atoms with van der Waals surface area (Å²) in [6.45, 7) is 6.27. The zero-order valence-corrected chi connectivity index (χ0v) is 23.9. The van der Waals surface area contributed by atoms with E-state index in [1.54, 1.807) is 32.5 Å². The fourth-order valence-electron chi connectivity index (χ4n) is 5.33. The second kappa shape index (κ2) is 11.8. The molecule has 6 rings (SSSR count). The summed E-state index contributed by atoms with van der Waals surface area (Å²) in [7, 11) is 1.28. The van der Waals surface area contributed by atoms with Crippen molar-refractivity contribution in [2.24, 2.45) is 5.92 Å². The molecule has 2 aromatic heterocycles. The van der Waals surface area contributed by atoms with Gasteiger partial charge in [-0.15, -0.1) is 0 Å². The highest BCUT2D eigenvalue weighted by atomic mass is 19.2. The minimum atomic E-state index is -1.07. The summed E-state index contributed by atoms with van der Waals surface area (Å²) in [6.07, 6.45) is 4.61. The van der Waals surface area contributed by atoms with Gasteiger partial charge in [0.05, 0.1) is 19.0 Å². The number of methoxy groups -OCH3 is 1. The summed E-state index contributed by atoms with van der Waals surface area (Å²) in [4.78, 5) is 38.1. The van der Waals surface area contributed by atoms with Gasteiger partial charge < -0.3 is 30.5 Å². The van der Waals surface area contributed by atoms with E-state index in [1.807, 2.05) is 13.0 Å². The normalized spacial score (nSPS) is 15.3. The van der Waals surface area contributed by atoms with Crippen LogP contribution in [0.15, 0.2) is 48.9 Å². The van der Waals surface area contributed by atoms with E-state index in [1.165, 1.54) is 31.6 Å². The Labute approximate surface area is 246 Å². The Bertz CT molecular complexity index is 1680. The van der Waals surface area contributed by atoms with Gasteiger partial charge in [0.25, 0.3) is 5.91 Å². The number of halogens is 2. The molecule has 0 radical (unpaired) electrons. The molecule has 2 aromatic carbocycles. The molecule has 0 atom stereocenters. The Morgan fingerprint density at radius 3 is 2.51 bits per heavy atom. The molecule has 0 bridgehead atoms. The standard InChI is InChI=1S/C30H32F2N8O3/c1-18-13-20(3-4-21(18)29(41)38-9-11-39(12-10-38)30(42)36-16-19-14-33-15-19)37-27-28-35-17-23(40(28)8-7-34-27)22-5-6-24(43-2)26(32)25(22)31/h3-8,13,17,19,33H,9-12,14-16H2,1-2H3,(H,34,37)(H,36,42). The Morgan fingerprint density at radius 1 is 1.05 bits per heavy atom. The lowest BCUT2D eigenvalue weighted by Crippen LogP contribution is -2.55. The zero-order valence-electron chi connectivity index (χ0n) is 23.9. The van der Waals surface area contributed by atoms with E-state index in [-0.39, 0.29) is 23.3 Å². The molecule has 4 aromatic rings. The van der Waals surface area contributed by atoms with Gasteiger partial charge in [-0.05, 0) is 42.8 Å². The molecule has 2 aliphatic rings. The van der Waals surface area contributed by atoms with Crippen LogP contribution in [-0.4, -0.2) is 89.0 Å². The van der Waals surface area contributed by atoms with Crippen LogP contribution < -0.4 is 20.7 Å². The number of nitrogens with one attached hydrogen (secondary N) is 3. The van der Waals surface area contributed by atoms with Crippen LogP contribution in [-0.2, 0) is 0 Å². The number of nitrogens with zero attached hydrogens (tertiary/aromatic N) is 5. The Hall–Kier alpha value is -4.78. The molecule has 3 amide bonds. The number of amides is 3. The number of urea groups is 1. The second-order valence-corrected chi connectivity index (χ2v) is 10.7. The van der Waals surface area contributed by atoms with E-state index >= 15 is 0 Å². The maximum absolute atomic E-state index is 14.8. The maximum atomic E-state index is 14.8. The van der Waals surface area contributed by atoms with E-state index in [0.29, 0.717) is 67.1 Å². The van der Waals surface area contributed by atoms with Crippen LogP contribution in [0.4, 0.5) is 25.1 Å². The molecule has 2 saturated heterocycles. The number of benzene rings is 2. The van der Waals surface area contributed by atoms with Crippen molar-refractivity contribution < 1.29 is 23.1 Å². The summed E-state index contributed by atoms with van der Waals surface area (Å²) in [5, 5.41) is 9.40. The monoisotopic (exact) mass is 590 g/mol. The van der Waals surface area contributed by atoms with Gasteiger partial charge in [0.15, 0.2) is 23.0 Å². The van der Waals surface area contributed by atoms with Crippen molar-refractivity contribution in [3.8, 4) is 17.0 Å². The molecule has 0 saturated carbocycles. The Morgan fingerprint density at radius 2 is 1.81 bits per heavy atom. The van der Waals surface area contributed by atoms with E-state index in [2.05, 4.69) is 25.9 Å². The molecule has 2 fully saturated rings. The van der Waals surface area contributed by atoms with Crippen molar-refractivity contribution in [2.45, 2.75) is 6.92 Å². The molecule has 3 N–H and O–H groups in total. The molecular formula is C30H32F2N8O3. The van der Waals surface area contributed by atoms with Gasteiger partial charge in [-0.3, -0.25) is 9.20 Å². The van der Waals surface area contributed by atoms with E-state index in [4.69, 9.17) is 4.74 Å². The van der Waals surface area contributed by atoms with Crippen LogP contribution in [0.5, 0.6) is 5.75 Å². The van der Waals surface area contributed by atoms with Crippen molar-refractivity contribution in [1.82, 2.24) is 34.8 Å². The number of imidazole rings is 1. The summed E-state index contributed by atoms with van der Waals surface area (Å²) in [5.41, 5.74) is 2.84. The van der Waals surface area contributed by atoms with Crippen LogP contribution in [0.1, 0.15) is 15.9 Å². The van der Waals surface area contributed by atoms with Gasteiger partial charge >= 0.3 is 6.03 Å². The summed E-state index contributed by atoms with van der Waals surface area (Å²) < 4.78 is 35.7. The first kappa shape index (κ1) is 28.3. The molecule has 13 heteroatoms. The Kier molecular flexibility index (Phi) is 7.80. The molecule has 0 aliphatic carbocycles. The minimum Gasteiger partial charge on any atom is -0.494 e. The average molecular weight is 591 g/mol. The van der Waals surface area contributed by atoms with Gasteiger partial charge in [-0.1, -0.05) is 0 Å². The highest BCUT2D eigenvalue weighted by molar-refractivity contribution is 5.96. The number of piperazine rings is 1. The first-order valence-corrected chi connectivity index (χ1v) is 14.1. The predicted octanol–water partition coefficient (Wildman–Crippen LogP) is 3.42. The third-order valence-corrected chi connectivity index (χ3v) is 7.95. The lowest BCUT2D eigenvalue weighted by atomic mass is 10.0. The van der Waals surface area contributed by atoms with Crippen molar-refractivity contribution in [1.29, 1.82) is 0 Å². The summed E-state index contributed by atoms with van der Waals surface area (Å²) in [6, 6.07) is 8.12. The SMILES string of the molecule is COc1ccc(-c2cnc3c(Nc4ccc(C(=O)N5CCN(C(=O)NCC6CNC6)CC5)c(C)c4)nccn23)c(F)c1F. The first-order valence-electron chi connectivity index (χ1n) is 14.1. The van der Waals surface area contributed by atoms with Gasteiger partial charge in [0, 0.05) is 80.9 Å². The number of aromatic nitrogens is 3. The third kappa shape index (κ3) is 5.55. The molecule has 43 heavy (non-hydrogen) atoms. The van der Waals surface area contributed by atoms with E-state index < -0.39 is 11.6 Å². The zero-order chi connectivity index (χ0) is 30.1. The largest absolute Gasteiger partial charge is 0.494 e. The lowest BCUT2D eigenvalue weighted by molar-refractivity contribution is 0.0663. The highest BCUT2D eigenvalue weighted by Crippen LogP contribution is 2.31. The van der Waals surface area contributed by atoms with Crippen molar-refractivity contribution in [3.63, 3.8) is 0 Å². The number of hydrogen-bond donors (Lipinski definition) is 3. The molecule has 0 spiro atoms. The number of hydrogen-bond acceptors (Lipinski definition) is 7. The lowest BCUT2D eigenvalue weighted by Gasteiger charge is -2.35. The van der Waals surface area contributed by atoms with Gasteiger partial charge in [0.2, 0.25) is 5.82 Å². The van der Waals surface area contributed by atoms with Crippen LogP contribution in [0.25, 0.3) is 16.9 Å². The van der Waals surface area contributed by atoms with E-state index in [9.17, 15) is 18.4 Å². The molecule has 2 aliphatic heterocycles. The Balaban J connectivity index is 1.13. The highest BCUT2D eigenvalue weighted by Gasteiger charge is 2.27. The van der Waals surface area contributed by atoms with Gasteiger partial charge in [-0.2, -0.15) is 4.39 Å². The minimum absolute atomic E-state index is 0.0364. The van der Waals surface area contributed by atoms with Crippen molar-refractivity contribution in [3.05, 3.63) is 71.7 Å².